The van der Waals surface area contributed by atoms with Gasteiger partial charge in [0.1, 0.15) is 5.76 Å². The fourth-order valence-electron chi connectivity index (χ4n) is 2.73. The van der Waals surface area contributed by atoms with Crippen LogP contribution in [0, 0.1) is 0 Å². The Kier molecular flexibility index (Phi) is 4.07. The van der Waals surface area contributed by atoms with Gasteiger partial charge in [-0.3, -0.25) is 0 Å². The number of furan rings is 1. The maximum absolute atomic E-state index is 12.5. The van der Waals surface area contributed by atoms with Crippen molar-refractivity contribution < 1.29 is 21.3 Å². The molecular formula is C15H17NO5S2. The topological polar surface area (TPSA) is 93.5 Å². The van der Waals surface area contributed by atoms with Crippen molar-refractivity contribution in [2.45, 2.75) is 35.1 Å². The molecule has 8 heteroatoms. The van der Waals surface area contributed by atoms with E-state index in [0.29, 0.717) is 6.42 Å². The van der Waals surface area contributed by atoms with Crippen LogP contribution in [0.5, 0.6) is 0 Å². The highest BCUT2D eigenvalue weighted by molar-refractivity contribution is 7.90. The molecule has 0 radical (unpaired) electrons. The van der Waals surface area contributed by atoms with Crippen molar-refractivity contribution >= 4 is 19.9 Å². The van der Waals surface area contributed by atoms with Gasteiger partial charge in [-0.05, 0) is 43.2 Å². The van der Waals surface area contributed by atoms with E-state index in [1.54, 1.807) is 12.3 Å². The molecule has 0 bridgehead atoms. The lowest BCUT2D eigenvalue weighted by Crippen LogP contribution is -2.30. The molecule has 0 spiro atoms. The number of hydrogen-bond donors (Lipinski definition) is 1. The summed E-state index contributed by atoms with van der Waals surface area (Å²) in [4.78, 5) is 0.131. The molecular weight excluding hydrogens is 338 g/mol. The molecule has 0 amide bonds. The quantitative estimate of drug-likeness (QED) is 0.906. The monoisotopic (exact) mass is 355 g/mol. The van der Waals surface area contributed by atoms with Gasteiger partial charge in [-0.25, -0.2) is 21.6 Å². The minimum absolute atomic E-state index is 0.0421. The van der Waals surface area contributed by atoms with Gasteiger partial charge in [0.05, 0.1) is 22.1 Å². The number of sulfone groups is 1. The molecule has 3 rings (SSSR count). The average molecular weight is 355 g/mol. The lowest BCUT2D eigenvalue weighted by Gasteiger charge is -2.22. The minimum Gasteiger partial charge on any atom is -0.469 e. The number of rotatable bonds is 4. The van der Waals surface area contributed by atoms with Gasteiger partial charge in [-0.2, -0.15) is 0 Å². The molecule has 124 valence electrons. The molecule has 0 saturated carbocycles. The first-order valence-corrected chi connectivity index (χ1v) is 10.5. The van der Waals surface area contributed by atoms with Gasteiger partial charge in [-0.15, -0.1) is 0 Å². The Hall–Kier alpha value is -1.64. The van der Waals surface area contributed by atoms with Crippen LogP contribution in [-0.4, -0.2) is 23.1 Å². The zero-order valence-corrected chi connectivity index (χ0v) is 14.2. The number of sulfonamides is 1. The summed E-state index contributed by atoms with van der Waals surface area (Å²) in [5.41, 5.74) is 0.868. The second-order valence-corrected chi connectivity index (χ2v) is 9.34. The highest BCUT2D eigenvalue weighted by Gasteiger charge is 2.27. The van der Waals surface area contributed by atoms with Gasteiger partial charge in [0.2, 0.25) is 10.0 Å². The normalized spacial score (nSPS) is 18.6. The standard InChI is InChI=1S/C15H17NO5S2/c1-22(17,18)11-5-7-12(8-6-11)23(19,20)16-14-3-2-4-15-13(14)9-10-21-15/h5-10,14,16H,2-4H2,1H3. The first-order chi connectivity index (χ1) is 10.8. The Morgan fingerprint density at radius 1 is 1.04 bits per heavy atom. The Balaban J connectivity index is 1.86. The van der Waals surface area contributed by atoms with Crippen LogP contribution in [0.2, 0.25) is 0 Å². The second kappa shape index (κ2) is 5.77. The zero-order valence-electron chi connectivity index (χ0n) is 12.5. The SMILES string of the molecule is CS(=O)(=O)c1ccc(S(=O)(=O)NC2CCCc3occc32)cc1. The molecule has 1 unspecified atom stereocenters. The third kappa shape index (κ3) is 3.34. The summed E-state index contributed by atoms with van der Waals surface area (Å²) in [6.07, 6.45) is 5.01. The van der Waals surface area contributed by atoms with Crippen LogP contribution >= 0.6 is 0 Å². The van der Waals surface area contributed by atoms with Crippen LogP contribution in [0.25, 0.3) is 0 Å². The summed E-state index contributed by atoms with van der Waals surface area (Å²) in [5, 5.41) is 0. The van der Waals surface area contributed by atoms with E-state index >= 15 is 0 Å². The van der Waals surface area contributed by atoms with E-state index in [9.17, 15) is 16.8 Å². The summed E-state index contributed by atoms with van der Waals surface area (Å²) < 4.78 is 55.9. The first kappa shape index (κ1) is 16.2. The van der Waals surface area contributed by atoms with E-state index in [2.05, 4.69) is 4.72 Å². The number of aryl methyl sites for hydroxylation is 1. The van der Waals surface area contributed by atoms with Crippen LogP contribution in [0.3, 0.4) is 0 Å². The van der Waals surface area contributed by atoms with E-state index in [0.717, 1.165) is 30.4 Å². The van der Waals surface area contributed by atoms with Crippen LogP contribution in [-0.2, 0) is 26.3 Å². The van der Waals surface area contributed by atoms with Crippen molar-refractivity contribution in [2.24, 2.45) is 0 Å². The summed E-state index contributed by atoms with van der Waals surface area (Å²) >= 11 is 0. The van der Waals surface area contributed by atoms with E-state index in [1.807, 2.05) is 0 Å². The number of hydrogen-bond acceptors (Lipinski definition) is 5. The lowest BCUT2D eigenvalue weighted by molar-refractivity contribution is 0.438. The maximum atomic E-state index is 12.5. The van der Waals surface area contributed by atoms with E-state index in [1.165, 1.54) is 24.3 Å². The van der Waals surface area contributed by atoms with Crippen molar-refractivity contribution in [3.8, 4) is 0 Å². The number of nitrogens with one attached hydrogen (secondary N) is 1. The summed E-state index contributed by atoms with van der Waals surface area (Å²) in [7, 11) is -7.08. The largest absolute Gasteiger partial charge is 0.469 e. The predicted octanol–water partition coefficient (Wildman–Crippen LogP) is 2.04. The molecule has 1 aromatic carbocycles. The smallest absolute Gasteiger partial charge is 0.241 e. The van der Waals surface area contributed by atoms with E-state index in [-0.39, 0.29) is 15.8 Å². The predicted molar refractivity (Wildman–Crippen MR) is 84.3 cm³/mol. The number of fused-ring (bicyclic) bond motifs is 1. The van der Waals surface area contributed by atoms with Gasteiger partial charge in [-0.1, -0.05) is 0 Å². The highest BCUT2D eigenvalue weighted by Crippen LogP contribution is 2.31. The number of benzene rings is 1. The maximum Gasteiger partial charge on any atom is 0.241 e. The van der Waals surface area contributed by atoms with Gasteiger partial charge in [0, 0.05) is 18.2 Å². The Labute approximate surface area is 135 Å². The van der Waals surface area contributed by atoms with Crippen molar-refractivity contribution in [1.82, 2.24) is 4.72 Å². The van der Waals surface area contributed by atoms with Crippen molar-refractivity contribution in [3.05, 3.63) is 47.9 Å². The fraction of sp³-hybridized carbons (Fsp3) is 0.333. The van der Waals surface area contributed by atoms with Gasteiger partial charge in [0.25, 0.3) is 0 Å². The van der Waals surface area contributed by atoms with Gasteiger partial charge in [0.15, 0.2) is 9.84 Å². The second-order valence-electron chi connectivity index (χ2n) is 5.61. The molecule has 0 saturated heterocycles. The third-order valence-corrected chi connectivity index (χ3v) is 6.53. The van der Waals surface area contributed by atoms with Crippen molar-refractivity contribution in [2.75, 3.05) is 6.26 Å². The molecule has 0 fully saturated rings. The van der Waals surface area contributed by atoms with Crippen molar-refractivity contribution in [3.63, 3.8) is 0 Å². The van der Waals surface area contributed by atoms with Crippen LogP contribution in [0.1, 0.15) is 30.2 Å². The molecule has 23 heavy (non-hydrogen) atoms. The Morgan fingerprint density at radius 2 is 1.70 bits per heavy atom. The van der Waals surface area contributed by atoms with Crippen LogP contribution in [0.4, 0.5) is 0 Å². The molecule has 1 N–H and O–H groups in total. The molecule has 6 nitrogen and oxygen atoms in total. The zero-order chi connectivity index (χ0) is 16.7. The summed E-state index contributed by atoms with van der Waals surface area (Å²) in [5.74, 6) is 0.816. The lowest BCUT2D eigenvalue weighted by atomic mass is 9.94. The fourth-order valence-corrected chi connectivity index (χ4v) is 4.61. The Bertz CT molecular complexity index is 911. The van der Waals surface area contributed by atoms with E-state index < -0.39 is 19.9 Å². The molecule has 1 atom stereocenters. The highest BCUT2D eigenvalue weighted by atomic mass is 32.2. The Morgan fingerprint density at radius 3 is 2.35 bits per heavy atom. The molecule has 1 aromatic heterocycles. The molecule has 1 aliphatic carbocycles. The first-order valence-electron chi connectivity index (χ1n) is 7.16. The molecule has 2 aromatic rings. The summed E-state index contributed by atoms with van der Waals surface area (Å²) in [6.45, 7) is 0. The van der Waals surface area contributed by atoms with Crippen LogP contribution < -0.4 is 4.72 Å². The van der Waals surface area contributed by atoms with Gasteiger partial charge < -0.3 is 4.42 Å². The van der Waals surface area contributed by atoms with Crippen LogP contribution in [0.15, 0.2) is 50.8 Å². The minimum atomic E-state index is -3.73. The van der Waals surface area contributed by atoms with E-state index in [4.69, 9.17) is 4.42 Å². The van der Waals surface area contributed by atoms with Gasteiger partial charge >= 0.3 is 0 Å². The average Bonchev–Trinajstić information content (AvgIpc) is 2.96. The third-order valence-electron chi connectivity index (χ3n) is 3.91. The molecule has 0 aliphatic heterocycles. The molecule has 1 aliphatic rings. The summed E-state index contributed by atoms with van der Waals surface area (Å²) in [6, 6.07) is 6.67. The van der Waals surface area contributed by atoms with Crippen molar-refractivity contribution in [1.29, 1.82) is 0 Å². The molecule has 1 heterocycles.